The lowest BCUT2D eigenvalue weighted by molar-refractivity contribution is -0.138. The third-order valence-corrected chi connectivity index (χ3v) is 14.6. The van der Waals surface area contributed by atoms with Crippen molar-refractivity contribution in [1.82, 2.24) is 40.4 Å². The molecule has 0 radical (unpaired) electrons. The van der Waals surface area contributed by atoms with Gasteiger partial charge in [0.05, 0.1) is 42.1 Å². The summed E-state index contributed by atoms with van der Waals surface area (Å²) in [5.74, 6) is 1.24. The van der Waals surface area contributed by atoms with Gasteiger partial charge in [-0.3, -0.25) is 9.59 Å². The summed E-state index contributed by atoms with van der Waals surface area (Å²) >= 11 is 0. The number of nitrogens with zero attached hydrogens (tertiary/aromatic N) is 4. The lowest BCUT2D eigenvalue weighted by Crippen LogP contribution is -2.52. The lowest BCUT2D eigenvalue weighted by atomic mass is 9.90. The molecule has 4 fully saturated rings. The van der Waals surface area contributed by atoms with Crippen molar-refractivity contribution < 1.29 is 33.8 Å². The minimum absolute atomic E-state index is 0.0674. The quantitative estimate of drug-likeness (QED) is 0.0892. The Labute approximate surface area is 386 Å². The van der Waals surface area contributed by atoms with Crippen molar-refractivity contribution in [2.45, 2.75) is 75.2 Å². The fourth-order valence-corrected chi connectivity index (χ4v) is 11.4. The molecule has 0 spiro atoms. The van der Waals surface area contributed by atoms with Crippen LogP contribution in [-0.4, -0.2) is 97.8 Å². The van der Waals surface area contributed by atoms with Gasteiger partial charge in [-0.05, 0) is 114 Å². The van der Waals surface area contributed by atoms with E-state index in [1.807, 2.05) is 47.5 Å². The van der Waals surface area contributed by atoms with Gasteiger partial charge < -0.3 is 45.0 Å². The summed E-state index contributed by atoms with van der Waals surface area (Å²) in [5.41, 5.74) is 6.43. The standard InChI is InChI=1S/C52H52N8O7/c1-66-52(65)58-44(29-6-3-2-4-7-29)50(62)60-38-16-13-37(27-38)46(60)48-53-28-41(55-48)36-12-11-32-24-31(9-10-33(32)26-36)34-14-17-39-35(25-34)15-18-40-45(39)56-47(54-40)42-8-5-21-59(42)49(61)43(57-51(63)64)30-19-22-67-23-20-30/h2-4,6-7,9-12,14-15,17-18,24-26,28,30,37-38,42-44,46,57H,5,8,13,16,19-23,27H2,1H3,(H,53,55)(H,54,56)(H,58,65)(H,63,64)/t37-,38+,42-,43-,44+,46-/m0/s1. The Bertz CT molecular complexity index is 3040. The van der Waals surface area contributed by atoms with Crippen molar-refractivity contribution in [3.8, 4) is 22.4 Å². The van der Waals surface area contributed by atoms with E-state index in [1.165, 1.54) is 7.11 Å². The van der Waals surface area contributed by atoms with Crippen molar-refractivity contribution in [3.05, 3.63) is 120 Å². The highest BCUT2D eigenvalue weighted by Crippen LogP contribution is 2.51. The molecule has 4 aliphatic rings. The number of benzene rings is 5. The molecule has 11 rings (SSSR count). The van der Waals surface area contributed by atoms with E-state index in [4.69, 9.17) is 19.4 Å². The highest BCUT2D eigenvalue weighted by molar-refractivity contribution is 6.06. The Morgan fingerprint density at radius 1 is 0.791 bits per heavy atom. The number of carbonyl (C=O) groups is 4. The Kier molecular flexibility index (Phi) is 11.1. The fourth-order valence-electron chi connectivity index (χ4n) is 11.4. The number of carbonyl (C=O) groups excluding carboxylic acids is 3. The number of imidazole rings is 2. The van der Waals surface area contributed by atoms with Crippen molar-refractivity contribution in [1.29, 1.82) is 0 Å². The summed E-state index contributed by atoms with van der Waals surface area (Å²) in [6.45, 7) is 1.57. The number of aromatic amines is 2. The summed E-state index contributed by atoms with van der Waals surface area (Å²) in [4.78, 5) is 73.4. The van der Waals surface area contributed by atoms with Crippen LogP contribution < -0.4 is 10.6 Å². The molecule has 7 aromatic rings. The van der Waals surface area contributed by atoms with Gasteiger partial charge in [-0.15, -0.1) is 0 Å². The van der Waals surface area contributed by atoms with Crippen molar-refractivity contribution >= 4 is 56.6 Å². The lowest BCUT2D eigenvalue weighted by Gasteiger charge is -2.36. The van der Waals surface area contributed by atoms with Crippen LogP contribution in [0, 0.1) is 11.8 Å². The third-order valence-electron chi connectivity index (χ3n) is 14.6. The van der Waals surface area contributed by atoms with Crippen LogP contribution in [0.2, 0.25) is 0 Å². The maximum absolute atomic E-state index is 14.4. The van der Waals surface area contributed by atoms with Gasteiger partial charge in [0.15, 0.2) is 0 Å². The first kappa shape index (κ1) is 42.4. The van der Waals surface area contributed by atoms with Gasteiger partial charge in [-0.25, -0.2) is 19.6 Å². The second-order valence-electron chi connectivity index (χ2n) is 18.4. The van der Waals surface area contributed by atoms with E-state index in [0.717, 1.165) is 92.9 Å². The van der Waals surface area contributed by atoms with Gasteiger partial charge in [0.1, 0.15) is 23.7 Å². The molecule has 5 N–H and O–H groups in total. The zero-order valence-corrected chi connectivity index (χ0v) is 37.1. The molecular formula is C52H52N8O7. The molecule has 5 aromatic carbocycles. The minimum atomic E-state index is -1.20. The van der Waals surface area contributed by atoms with Crippen LogP contribution >= 0.6 is 0 Å². The van der Waals surface area contributed by atoms with Crippen LogP contribution in [0.15, 0.2) is 103 Å². The summed E-state index contributed by atoms with van der Waals surface area (Å²) in [7, 11) is 1.30. The summed E-state index contributed by atoms with van der Waals surface area (Å²) in [5, 5.41) is 19.2. The first-order valence-corrected chi connectivity index (χ1v) is 23.3. The van der Waals surface area contributed by atoms with Crippen LogP contribution in [0.5, 0.6) is 0 Å². The number of alkyl carbamates (subject to hydrolysis) is 1. The molecule has 3 saturated heterocycles. The van der Waals surface area contributed by atoms with Gasteiger partial charge in [-0.1, -0.05) is 72.8 Å². The molecule has 1 aliphatic carbocycles. The van der Waals surface area contributed by atoms with Crippen LogP contribution in [-0.2, 0) is 19.1 Å². The molecule has 15 nitrogen and oxygen atoms in total. The van der Waals surface area contributed by atoms with E-state index in [1.54, 1.807) is 4.90 Å². The maximum atomic E-state index is 14.4. The van der Waals surface area contributed by atoms with Crippen molar-refractivity contribution in [2.24, 2.45) is 11.8 Å². The molecule has 0 unspecified atom stereocenters. The number of nitrogens with one attached hydrogen (secondary N) is 4. The Hall–Kier alpha value is -7.26. The number of methoxy groups -OCH3 is 1. The topological polar surface area (TPSA) is 195 Å². The van der Waals surface area contributed by atoms with Gasteiger partial charge in [0.25, 0.3) is 5.91 Å². The molecule has 342 valence electrons. The van der Waals surface area contributed by atoms with E-state index in [2.05, 4.69) is 81.3 Å². The third kappa shape index (κ3) is 7.90. The smallest absolute Gasteiger partial charge is 0.407 e. The zero-order valence-electron chi connectivity index (χ0n) is 37.1. The monoisotopic (exact) mass is 900 g/mol. The van der Waals surface area contributed by atoms with Crippen molar-refractivity contribution in [3.63, 3.8) is 0 Å². The first-order valence-electron chi connectivity index (χ1n) is 23.3. The number of hydrogen-bond donors (Lipinski definition) is 5. The van der Waals surface area contributed by atoms with Gasteiger partial charge in [0, 0.05) is 36.8 Å². The molecular weight excluding hydrogens is 849 g/mol. The number of H-pyrrole nitrogens is 2. The second kappa shape index (κ2) is 17.5. The number of piperidine rings is 1. The Morgan fingerprint density at radius 2 is 1.52 bits per heavy atom. The minimum Gasteiger partial charge on any atom is -0.465 e. The molecule has 67 heavy (non-hydrogen) atoms. The normalized spacial score (nSPS) is 21.5. The Balaban J connectivity index is 0.820. The average molecular weight is 901 g/mol. The number of likely N-dealkylation sites (tertiary alicyclic amines) is 2. The van der Waals surface area contributed by atoms with E-state index >= 15 is 0 Å². The number of carboxylic acid groups (broad SMARTS) is 1. The predicted octanol–water partition coefficient (Wildman–Crippen LogP) is 8.80. The highest BCUT2D eigenvalue weighted by Gasteiger charge is 2.51. The second-order valence-corrected chi connectivity index (χ2v) is 18.4. The summed E-state index contributed by atoms with van der Waals surface area (Å²) < 4.78 is 10.4. The fraction of sp³-hybridized carbons (Fsp3) is 0.346. The number of fused-ring (bicyclic) bond motifs is 6. The summed E-state index contributed by atoms with van der Waals surface area (Å²) in [6.07, 6.45) is 5.63. The molecule has 3 aliphatic heterocycles. The average Bonchev–Trinajstić information content (AvgIpc) is 4.23. The van der Waals surface area contributed by atoms with Crippen LogP contribution in [0.25, 0.3) is 55.0 Å². The maximum Gasteiger partial charge on any atom is 0.407 e. The number of rotatable bonds is 10. The number of amides is 4. The number of hydrogen-bond acceptors (Lipinski definition) is 8. The van der Waals surface area contributed by atoms with E-state index in [0.29, 0.717) is 44.0 Å². The number of aromatic nitrogens is 4. The van der Waals surface area contributed by atoms with E-state index in [-0.39, 0.29) is 41.8 Å². The van der Waals surface area contributed by atoms with Crippen molar-refractivity contribution in [2.75, 3.05) is 26.9 Å². The molecule has 4 amide bonds. The predicted molar refractivity (Wildman–Crippen MR) is 252 cm³/mol. The van der Waals surface area contributed by atoms with Crippen LogP contribution in [0.4, 0.5) is 9.59 Å². The Morgan fingerprint density at radius 3 is 2.30 bits per heavy atom. The largest absolute Gasteiger partial charge is 0.465 e. The summed E-state index contributed by atoms with van der Waals surface area (Å²) in [6, 6.07) is 30.5. The highest BCUT2D eigenvalue weighted by atomic mass is 16.5. The van der Waals surface area contributed by atoms with Gasteiger partial charge in [0.2, 0.25) is 5.91 Å². The van der Waals surface area contributed by atoms with Crippen LogP contribution in [0.3, 0.4) is 0 Å². The molecule has 1 saturated carbocycles. The molecule has 2 bridgehead atoms. The van der Waals surface area contributed by atoms with E-state index < -0.39 is 24.3 Å². The zero-order chi connectivity index (χ0) is 45.8. The van der Waals surface area contributed by atoms with Gasteiger partial charge >= 0.3 is 12.2 Å². The number of ether oxygens (including phenoxy) is 2. The molecule has 15 heteroatoms. The molecule has 6 atom stereocenters. The van der Waals surface area contributed by atoms with Gasteiger partial charge in [-0.2, -0.15) is 0 Å². The van der Waals surface area contributed by atoms with E-state index in [9.17, 15) is 24.3 Å². The van der Waals surface area contributed by atoms with Crippen LogP contribution in [0.1, 0.15) is 80.3 Å². The molecule has 5 heterocycles. The SMILES string of the molecule is COC(=O)N[C@@H](C(=O)N1[C@@H]2CC[C@@H](C2)[C@H]1c1ncc(-c2ccc3cc(-c4ccc5c(ccc6[nH]c([C@@H]7CCCN7C(=O)[C@@H](NC(=O)O)C7CCOCC7)nc65)c4)ccc3c2)[nH]1)c1ccccc1. The molecule has 2 aromatic heterocycles. The first-order chi connectivity index (χ1) is 32.7.